The third-order valence-corrected chi connectivity index (χ3v) is 21.1. The second kappa shape index (κ2) is 55.9. The SMILES string of the molecule is CC(C)C(C(C)C)C(C)(C)F.CC(C)C(C)(C)F.CCC(C)(C)F.CCC(C)(CC)C(C)(C)F.CCC(C)(CC)[C@@](C)(F)CC.CCC(C)(F)CC.CCC(CC)C(C)(C)F.CCC(CC)[C@@](C)(F)CC.CCCC(C)(C)F.CCC[C@@](C)(F)CC.CC[C@](C)(F)C(C)C. The predicted octanol–water partition coefficient (Wildman–Crippen LogP) is 33.2. The van der Waals surface area contributed by atoms with Crippen LogP contribution in [0.4, 0.5) is 48.3 Å². The van der Waals surface area contributed by atoms with E-state index in [1.54, 1.807) is 118 Å². The smallest absolute Gasteiger partial charge is 0.113 e. The van der Waals surface area contributed by atoms with E-state index in [0.717, 1.165) is 64.2 Å². The van der Waals surface area contributed by atoms with Crippen molar-refractivity contribution in [2.45, 2.75) is 489 Å². The number of hydrogen-bond acceptors (Lipinski definition) is 0. The summed E-state index contributed by atoms with van der Waals surface area (Å²) in [7, 11) is 0. The minimum Gasteiger partial charge on any atom is -0.245 e. The highest BCUT2D eigenvalue weighted by molar-refractivity contribution is 4.91. The topological polar surface area (TPSA) is 0 Å². The lowest BCUT2D eigenvalue weighted by Crippen LogP contribution is -2.38. The number of rotatable bonds is 28. The molecule has 0 aromatic rings. The Labute approximate surface area is 587 Å². The standard InChI is InChI=1S/2C10H21F.2C9H19F.C8H17F.2C7H15F.3C6H13F.C5H11F/c1-7(2)9(8(3)4)10(5,6)11;1-6-9(4,7-2)10(5,11)8-3;1-6-9(5,7-2)8(3,4)10;1-5-8(6-2)9(4,10)7-3;1-5-7(6-2)8(3,4)9;1-5-7(4,8)6(2)3;1-4-6-7(3,8)5-2;1-5(2)6(3,4)7;1-4-5-6(2,3)7;1-4-6(3,7)5-2;1-4-5(2,3)6/h7-9H,1-6H3;6-8H2,1-5H3;6-7H2,1-5H3;8H,5-7H2,1-4H3;7H,5-6H2,1-4H3;6H,5H2,1-4H3;4-6H2,1-3H3;5H,1-4H3;2*4-5H2,1-3H3;4H2,1-3H3/t;10-;;9-;;2*7-;;;;/m.0.0.00..../s1. The van der Waals surface area contributed by atoms with Crippen molar-refractivity contribution in [2.24, 2.45) is 52.3 Å². The van der Waals surface area contributed by atoms with Crippen molar-refractivity contribution < 1.29 is 48.3 Å². The largest absolute Gasteiger partial charge is 0.245 e. The Balaban J connectivity index is -0.0000000900. The van der Waals surface area contributed by atoms with Crippen LogP contribution in [0, 0.1) is 52.3 Å². The van der Waals surface area contributed by atoms with Crippen molar-refractivity contribution in [3.05, 3.63) is 0 Å². The Morgan fingerprint density at radius 2 is 0.532 bits per heavy atom. The van der Waals surface area contributed by atoms with E-state index in [-0.39, 0.29) is 40.4 Å². The van der Waals surface area contributed by atoms with Crippen LogP contribution in [0.5, 0.6) is 0 Å². The highest BCUT2D eigenvalue weighted by Crippen LogP contribution is 2.43. The first kappa shape index (κ1) is 117. The van der Waals surface area contributed by atoms with E-state index in [1.807, 2.05) is 132 Å². The van der Waals surface area contributed by atoms with Crippen LogP contribution < -0.4 is 0 Å². The summed E-state index contributed by atoms with van der Waals surface area (Å²) in [5.74, 6) is 1.78. The van der Waals surface area contributed by atoms with E-state index < -0.39 is 62.4 Å². The van der Waals surface area contributed by atoms with E-state index in [1.165, 1.54) is 0 Å². The van der Waals surface area contributed by atoms with Gasteiger partial charge < -0.3 is 0 Å². The predicted molar refractivity (Wildman–Crippen MR) is 409 cm³/mol. The molecule has 0 radical (unpaired) electrons. The van der Waals surface area contributed by atoms with E-state index in [4.69, 9.17) is 0 Å². The summed E-state index contributed by atoms with van der Waals surface area (Å²) >= 11 is 0. The summed E-state index contributed by atoms with van der Waals surface area (Å²) < 4.78 is 143. The Morgan fingerprint density at radius 3 is 0.564 bits per heavy atom. The van der Waals surface area contributed by atoms with E-state index in [0.29, 0.717) is 69.6 Å². The molecule has 0 nitrogen and oxygen atoms in total. The third kappa shape index (κ3) is 68.4. The van der Waals surface area contributed by atoms with E-state index >= 15 is 0 Å². The number of halogens is 11. The number of alkyl halides is 11. The molecule has 0 bridgehead atoms. The van der Waals surface area contributed by atoms with Crippen molar-refractivity contribution in [2.75, 3.05) is 0 Å². The fourth-order valence-corrected chi connectivity index (χ4v) is 9.50. The summed E-state index contributed by atoms with van der Waals surface area (Å²) in [6, 6.07) is 0. The zero-order valence-electron chi connectivity index (χ0n) is 72.1. The van der Waals surface area contributed by atoms with Gasteiger partial charge >= 0.3 is 0 Å². The van der Waals surface area contributed by atoms with Gasteiger partial charge in [-0.15, -0.1) is 0 Å². The zero-order chi connectivity index (χ0) is 79.0. The molecule has 0 saturated carbocycles. The molecular weight excluding hydrogens is 1210 g/mol. The number of hydrogen-bond donors (Lipinski definition) is 0. The van der Waals surface area contributed by atoms with Crippen molar-refractivity contribution >= 4 is 0 Å². The van der Waals surface area contributed by atoms with Crippen LogP contribution in [0.1, 0.15) is 427 Å². The Morgan fingerprint density at radius 1 is 0.255 bits per heavy atom. The van der Waals surface area contributed by atoms with Crippen LogP contribution in [-0.2, 0) is 0 Å². The van der Waals surface area contributed by atoms with Crippen molar-refractivity contribution in [3.63, 3.8) is 0 Å². The minimum absolute atomic E-state index is 0.132. The molecule has 0 rings (SSSR count). The van der Waals surface area contributed by atoms with Gasteiger partial charge in [0.05, 0.1) is 0 Å². The third-order valence-electron chi connectivity index (χ3n) is 21.1. The molecule has 0 unspecified atom stereocenters. The molecule has 0 N–H and O–H groups in total. The van der Waals surface area contributed by atoms with E-state index in [9.17, 15) is 48.3 Å². The maximum atomic E-state index is 13.9. The fourth-order valence-electron chi connectivity index (χ4n) is 9.50. The van der Waals surface area contributed by atoms with E-state index in [2.05, 4.69) is 55.4 Å². The molecule has 0 aliphatic heterocycles. The molecule has 94 heavy (non-hydrogen) atoms. The molecular formula is C83H177F11. The second-order valence-electron chi connectivity index (χ2n) is 33.0. The Kier molecular flexibility index (Phi) is 69.7. The van der Waals surface area contributed by atoms with Gasteiger partial charge in [0, 0.05) is 10.8 Å². The average Bonchev–Trinajstić information content (AvgIpc) is 0.853. The summed E-state index contributed by atoms with van der Waals surface area (Å²) in [5.41, 5.74) is -11.0. The van der Waals surface area contributed by atoms with Gasteiger partial charge in [0.25, 0.3) is 0 Å². The monoisotopic (exact) mass is 1380 g/mol. The summed E-state index contributed by atoms with van der Waals surface area (Å²) in [6.45, 7) is 81.5. The molecule has 0 aliphatic carbocycles. The molecule has 0 saturated heterocycles. The van der Waals surface area contributed by atoms with Gasteiger partial charge in [0.1, 0.15) is 62.4 Å². The normalized spacial score (nSPS) is 14.9. The molecule has 0 aromatic carbocycles. The van der Waals surface area contributed by atoms with Crippen LogP contribution in [0.15, 0.2) is 0 Å². The van der Waals surface area contributed by atoms with Crippen molar-refractivity contribution in [1.29, 1.82) is 0 Å². The molecule has 0 heterocycles. The second-order valence-corrected chi connectivity index (χ2v) is 33.0. The zero-order valence-corrected chi connectivity index (χ0v) is 72.1. The first-order valence-electron chi connectivity index (χ1n) is 38.1. The lowest BCUT2D eigenvalue weighted by molar-refractivity contribution is 0.00941. The Hall–Kier alpha value is -0.770. The quantitative estimate of drug-likeness (QED) is 0.0685. The maximum Gasteiger partial charge on any atom is 0.113 e. The summed E-state index contributed by atoms with van der Waals surface area (Å²) in [5, 5.41) is 0. The van der Waals surface area contributed by atoms with Crippen LogP contribution in [0.25, 0.3) is 0 Å². The molecule has 0 aromatic heterocycles. The molecule has 0 spiro atoms. The van der Waals surface area contributed by atoms with Crippen LogP contribution in [0.3, 0.4) is 0 Å². The molecule has 0 aliphatic rings. The van der Waals surface area contributed by atoms with Gasteiger partial charge in [-0.05, 0) is 243 Å². The molecule has 4 atom stereocenters. The van der Waals surface area contributed by atoms with Gasteiger partial charge in [0.2, 0.25) is 0 Å². The van der Waals surface area contributed by atoms with Crippen LogP contribution >= 0.6 is 0 Å². The van der Waals surface area contributed by atoms with Crippen molar-refractivity contribution in [1.82, 2.24) is 0 Å². The lowest BCUT2D eigenvalue weighted by atomic mass is 9.70. The van der Waals surface area contributed by atoms with Gasteiger partial charge in [-0.2, -0.15) is 0 Å². The molecule has 0 amide bonds. The first-order valence-corrected chi connectivity index (χ1v) is 38.1. The fraction of sp³-hybridized carbons (Fsp3) is 1.00. The molecule has 0 fully saturated rings. The van der Waals surface area contributed by atoms with Crippen LogP contribution in [0.2, 0.25) is 0 Å². The summed E-state index contributed by atoms with van der Waals surface area (Å²) in [6.07, 6.45) is 15.1. The highest BCUT2D eigenvalue weighted by atomic mass is 19.2. The summed E-state index contributed by atoms with van der Waals surface area (Å²) in [4.78, 5) is 0. The van der Waals surface area contributed by atoms with Gasteiger partial charge in [-0.3, -0.25) is 0 Å². The van der Waals surface area contributed by atoms with Gasteiger partial charge in [0.15, 0.2) is 0 Å². The van der Waals surface area contributed by atoms with Gasteiger partial charge in [-0.25, -0.2) is 48.3 Å². The lowest BCUT2D eigenvalue weighted by Gasteiger charge is -2.39. The highest BCUT2D eigenvalue weighted by Gasteiger charge is 2.41. The van der Waals surface area contributed by atoms with Gasteiger partial charge in [-0.1, -0.05) is 225 Å². The maximum absolute atomic E-state index is 13.9. The van der Waals surface area contributed by atoms with Crippen molar-refractivity contribution in [3.8, 4) is 0 Å². The minimum atomic E-state index is -1.05. The Bertz CT molecular complexity index is 1550. The molecule has 11 heteroatoms. The first-order chi connectivity index (χ1) is 41.5. The average molecular weight is 1380 g/mol. The van der Waals surface area contributed by atoms with Crippen LogP contribution in [-0.4, -0.2) is 62.4 Å². The molecule has 586 valence electrons.